The number of hydrogen-bond donors (Lipinski definition) is 2. The molecule has 5 heteroatoms. The topological polar surface area (TPSA) is 49.8 Å². The first-order chi connectivity index (χ1) is 9.17. The van der Waals surface area contributed by atoms with Crippen molar-refractivity contribution in [2.45, 2.75) is 44.3 Å². The molecule has 1 aromatic rings. The molecule has 1 heterocycles. The molecule has 1 aromatic heterocycles. The SMILES string of the molecule is CCNc1nc(C)cc(NCC2(SC)CCCC2)n1. The summed E-state index contributed by atoms with van der Waals surface area (Å²) in [7, 11) is 0. The van der Waals surface area contributed by atoms with E-state index in [2.05, 4.69) is 33.8 Å². The maximum absolute atomic E-state index is 4.51. The molecule has 0 saturated heterocycles. The molecule has 1 saturated carbocycles. The first kappa shape index (κ1) is 14.4. The molecule has 1 aliphatic rings. The van der Waals surface area contributed by atoms with Gasteiger partial charge >= 0.3 is 0 Å². The Morgan fingerprint density at radius 3 is 2.63 bits per heavy atom. The van der Waals surface area contributed by atoms with Gasteiger partial charge in [-0.2, -0.15) is 16.7 Å². The summed E-state index contributed by atoms with van der Waals surface area (Å²) in [6, 6.07) is 2.02. The molecule has 0 aromatic carbocycles. The van der Waals surface area contributed by atoms with Crippen LogP contribution in [-0.2, 0) is 0 Å². The van der Waals surface area contributed by atoms with E-state index in [-0.39, 0.29) is 0 Å². The van der Waals surface area contributed by atoms with Gasteiger partial charge in [0.1, 0.15) is 5.82 Å². The van der Waals surface area contributed by atoms with E-state index < -0.39 is 0 Å². The fourth-order valence-electron chi connectivity index (χ4n) is 2.62. The van der Waals surface area contributed by atoms with Crippen molar-refractivity contribution in [3.63, 3.8) is 0 Å². The number of anilines is 2. The minimum Gasteiger partial charge on any atom is -0.369 e. The lowest BCUT2D eigenvalue weighted by Gasteiger charge is -2.27. The molecule has 0 spiro atoms. The number of aromatic nitrogens is 2. The van der Waals surface area contributed by atoms with Gasteiger partial charge in [0.25, 0.3) is 0 Å². The molecule has 0 amide bonds. The van der Waals surface area contributed by atoms with E-state index in [0.717, 1.165) is 30.5 Å². The third kappa shape index (κ3) is 3.75. The molecule has 2 N–H and O–H groups in total. The molecule has 0 radical (unpaired) electrons. The molecule has 1 fully saturated rings. The second-order valence-electron chi connectivity index (χ2n) is 5.20. The zero-order valence-electron chi connectivity index (χ0n) is 12.1. The quantitative estimate of drug-likeness (QED) is 0.837. The van der Waals surface area contributed by atoms with Gasteiger partial charge in [0.05, 0.1) is 0 Å². The zero-order chi connectivity index (χ0) is 13.7. The number of hydrogen-bond acceptors (Lipinski definition) is 5. The maximum atomic E-state index is 4.51. The van der Waals surface area contributed by atoms with E-state index in [0.29, 0.717) is 4.75 Å². The summed E-state index contributed by atoms with van der Waals surface area (Å²) in [5, 5.41) is 6.68. The molecule has 4 nitrogen and oxygen atoms in total. The van der Waals surface area contributed by atoms with Gasteiger partial charge in [-0.15, -0.1) is 0 Å². The van der Waals surface area contributed by atoms with Crippen LogP contribution in [0.2, 0.25) is 0 Å². The van der Waals surface area contributed by atoms with E-state index in [1.165, 1.54) is 25.7 Å². The van der Waals surface area contributed by atoms with Gasteiger partial charge in [-0.1, -0.05) is 12.8 Å². The minimum atomic E-state index is 0.400. The maximum Gasteiger partial charge on any atom is 0.224 e. The highest BCUT2D eigenvalue weighted by atomic mass is 32.2. The highest BCUT2D eigenvalue weighted by Gasteiger charge is 2.32. The van der Waals surface area contributed by atoms with E-state index in [1.54, 1.807) is 0 Å². The van der Waals surface area contributed by atoms with Crippen LogP contribution in [0.5, 0.6) is 0 Å². The lowest BCUT2D eigenvalue weighted by atomic mass is 10.1. The van der Waals surface area contributed by atoms with Gasteiger partial charge in [0, 0.05) is 29.6 Å². The van der Waals surface area contributed by atoms with Crippen LogP contribution in [0.1, 0.15) is 38.3 Å². The highest BCUT2D eigenvalue weighted by molar-refractivity contribution is 8.00. The predicted octanol–water partition coefficient (Wildman–Crippen LogP) is 3.30. The Balaban J connectivity index is 2.02. The molecule has 106 valence electrons. The molecule has 19 heavy (non-hydrogen) atoms. The van der Waals surface area contributed by atoms with Crippen molar-refractivity contribution in [1.29, 1.82) is 0 Å². The van der Waals surface area contributed by atoms with Crippen LogP contribution >= 0.6 is 11.8 Å². The number of rotatable bonds is 6. The van der Waals surface area contributed by atoms with Crippen molar-refractivity contribution in [3.05, 3.63) is 11.8 Å². The van der Waals surface area contributed by atoms with Gasteiger partial charge in [0.2, 0.25) is 5.95 Å². The fourth-order valence-corrected chi connectivity index (χ4v) is 3.53. The third-order valence-electron chi connectivity index (χ3n) is 3.73. The van der Waals surface area contributed by atoms with E-state index >= 15 is 0 Å². The predicted molar refractivity (Wildman–Crippen MR) is 84.1 cm³/mol. The van der Waals surface area contributed by atoms with Crippen molar-refractivity contribution in [1.82, 2.24) is 9.97 Å². The first-order valence-corrected chi connectivity index (χ1v) is 8.28. The monoisotopic (exact) mass is 280 g/mol. The van der Waals surface area contributed by atoms with Crippen LogP contribution in [0, 0.1) is 6.92 Å². The van der Waals surface area contributed by atoms with Crippen LogP contribution in [-0.4, -0.2) is 34.1 Å². The number of nitrogens with zero attached hydrogens (tertiary/aromatic N) is 2. The molecular weight excluding hydrogens is 256 g/mol. The van der Waals surface area contributed by atoms with Gasteiger partial charge < -0.3 is 10.6 Å². The van der Waals surface area contributed by atoms with Crippen molar-refractivity contribution in [2.24, 2.45) is 0 Å². The van der Waals surface area contributed by atoms with Gasteiger partial charge in [-0.05, 0) is 32.9 Å². The number of nitrogens with one attached hydrogen (secondary N) is 2. The van der Waals surface area contributed by atoms with Gasteiger partial charge in [-0.25, -0.2) is 4.98 Å². The van der Waals surface area contributed by atoms with Crippen LogP contribution in [0.4, 0.5) is 11.8 Å². The summed E-state index contributed by atoms with van der Waals surface area (Å²) in [5.41, 5.74) is 0.998. The van der Waals surface area contributed by atoms with Crippen LogP contribution in [0.15, 0.2) is 6.07 Å². The largest absolute Gasteiger partial charge is 0.369 e. The Bertz CT molecular complexity index is 416. The summed E-state index contributed by atoms with van der Waals surface area (Å²) < 4.78 is 0.400. The first-order valence-electron chi connectivity index (χ1n) is 7.06. The highest BCUT2D eigenvalue weighted by Crippen LogP contribution is 2.40. The normalized spacial score (nSPS) is 17.4. The van der Waals surface area contributed by atoms with Crippen molar-refractivity contribution in [2.75, 3.05) is 30.0 Å². The zero-order valence-corrected chi connectivity index (χ0v) is 12.9. The second-order valence-corrected chi connectivity index (χ2v) is 6.47. The standard InChI is InChI=1S/C14H24N4S/c1-4-15-13-17-11(2)9-12(18-13)16-10-14(19-3)7-5-6-8-14/h9H,4-8,10H2,1-3H3,(H2,15,16,17,18). The Hall–Kier alpha value is -0.970. The van der Waals surface area contributed by atoms with Gasteiger partial charge in [0.15, 0.2) is 0 Å². The average molecular weight is 280 g/mol. The van der Waals surface area contributed by atoms with Crippen LogP contribution < -0.4 is 10.6 Å². The molecule has 0 atom stereocenters. The summed E-state index contributed by atoms with van der Waals surface area (Å²) in [5.74, 6) is 1.65. The Morgan fingerprint density at radius 1 is 1.26 bits per heavy atom. The molecule has 1 aliphatic carbocycles. The fraction of sp³-hybridized carbons (Fsp3) is 0.714. The summed E-state index contributed by atoms with van der Waals surface area (Å²) in [4.78, 5) is 8.88. The van der Waals surface area contributed by atoms with Crippen LogP contribution in [0.25, 0.3) is 0 Å². The Morgan fingerprint density at radius 2 is 2.00 bits per heavy atom. The Kier molecular flexibility index (Phi) is 4.91. The molecular formula is C14H24N4S. The summed E-state index contributed by atoms with van der Waals surface area (Å²) >= 11 is 2.00. The molecule has 2 rings (SSSR count). The van der Waals surface area contributed by atoms with E-state index in [1.807, 2.05) is 24.8 Å². The summed E-state index contributed by atoms with van der Waals surface area (Å²) in [6.07, 6.45) is 7.56. The lowest BCUT2D eigenvalue weighted by Crippen LogP contribution is -2.30. The molecule has 0 aliphatic heterocycles. The van der Waals surface area contributed by atoms with E-state index in [9.17, 15) is 0 Å². The smallest absolute Gasteiger partial charge is 0.224 e. The third-order valence-corrected chi connectivity index (χ3v) is 5.15. The molecule has 0 bridgehead atoms. The minimum absolute atomic E-state index is 0.400. The van der Waals surface area contributed by atoms with Crippen molar-refractivity contribution in [3.8, 4) is 0 Å². The molecule has 0 unspecified atom stereocenters. The second kappa shape index (κ2) is 6.46. The summed E-state index contributed by atoms with van der Waals surface area (Å²) in [6.45, 7) is 5.90. The Labute approximate surface area is 120 Å². The van der Waals surface area contributed by atoms with Crippen molar-refractivity contribution < 1.29 is 0 Å². The lowest BCUT2D eigenvalue weighted by molar-refractivity contribution is 0.638. The van der Waals surface area contributed by atoms with Crippen LogP contribution in [0.3, 0.4) is 0 Å². The van der Waals surface area contributed by atoms with E-state index in [4.69, 9.17) is 0 Å². The number of thioether (sulfide) groups is 1. The van der Waals surface area contributed by atoms with Crippen molar-refractivity contribution >= 4 is 23.5 Å². The number of aryl methyl sites for hydroxylation is 1. The van der Waals surface area contributed by atoms with Gasteiger partial charge in [-0.3, -0.25) is 0 Å². The average Bonchev–Trinajstić information content (AvgIpc) is 2.86.